The van der Waals surface area contributed by atoms with Crippen molar-refractivity contribution in [2.75, 3.05) is 6.54 Å². The maximum Gasteiger partial charge on any atom is 0.229 e. The summed E-state index contributed by atoms with van der Waals surface area (Å²) in [4.78, 5) is 15.1. The van der Waals surface area contributed by atoms with Crippen LogP contribution in [-0.4, -0.2) is 33.3 Å². The Hall–Kier alpha value is -3.27. The predicted molar refractivity (Wildman–Crippen MR) is 114 cm³/mol. The fraction of sp³-hybridized carbons (Fsp3) is 0.400. The first-order valence-corrected chi connectivity index (χ1v) is 11.0. The molecule has 7 rings (SSSR count). The van der Waals surface area contributed by atoms with E-state index in [-0.39, 0.29) is 30.1 Å². The summed E-state index contributed by atoms with van der Waals surface area (Å²) in [6, 6.07) is 13.5. The van der Waals surface area contributed by atoms with Crippen LogP contribution in [0.5, 0.6) is 0 Å². The summed E-state index contributed by atoms with van der Waals surface area (Å²) in [5.74, 6) is -0.354. The molecule has 1 saturated heterocycles. The smallest absolute Gasteiger partial charge is 0.229 e. The van der Waals surface area contributed by atoms with Crippen LogP contribution in [0.2, 0.25) is 0 Å². The number of benzene rings is 2. The molecule has 2 aromatic carbocycles. The van der Waals surface area contributed by atoms with E-state index in [9.17, 15) is 13.6 Å². The Kier molecular flexibility index (Phi) is 4.01. The lowest BCUT2D eigenvalue weighted by Crippen LogP contribution is -2.69. The molecule has 0 spiro atoms. The zero-order valence-corrected chi connectivity index (χ0v) is 17.5. The molecule has 7 heteroatoms. The molecule has 5 nitrogen and oxygen atoms in total. The summed E-state index contributed by atoms with van der Waals surface area (Å²) in [7, 11) is 0. The first-order valence-electron chi connectivity index (χ1n) is 11.0. The van der Waals surface area contributed by atoms with Gasteiger partial charge in [0.15, 0.2) is 0 Å². The summed E-state index contributed by atoms with van der Waals surface area (Å²) in [6.07, 6.45) is 3.25. The Bertz CT molecular complexity index is 1270. The van der Waals surface area contributed by atoms with E-state index >= 15 is 0 Å². The number of nitrogens with zero attached hydrogens (tertiary/aromatic N) is 4. The summed E-state index contributed by atoms with van der Waals surface area (Å²) in [5, 5.41) is 14.5. The fourth-order valence-electron chi connectivity index (χ4n) is 6.34. The zero-order chi connectivity index (χ0) is 22.1. The van der Waals surface area contributed by atoms with Crippen molar-refractivity contribution >= 4 is 16.8 Å². The van der Waals surface area contributed by atoms with Crippen molar-refractivity contribution in [1.29, 1.82) is 5.26 Å². The quantitative estimate of drug-likeness (QED) is 0.609. The second kappa shape index (κ2) is 6.61. The highest BCUT2D eigenvalue weighted by Gasteiger charge is 2.72. The maximum atomic E-state index is 14.3. The summed E-state index contributed by atoms with van der Waals surface area (Å²) >= 11 is 0. The molecule has 4 aliphatic rings. The van der Waals surface area contributed by atoms with E-state index in [4.69, 9.17) is 5.26 Å². The van der Waals surface area contributed by atoms with Gasteiger partial charge < -0.3 is 4.90 Å². The van der Waals surface area contributed by atoms with Gasteiger partial charge in [-0.05, 0) is 60.6 Å². The molecule has 2 atom stereocenters. The second-order valence-corrected chi connectivity index (χ2v) is 9.86. The number of hydrogen-bond donors (Lipinski definition) is 0. The topological polar surface area (TPSA) is 61.9 Å². The number of alkyl halides is 1. The van der Waals surface area contributed by atoms with E-state index in [1.807, 2.05) is 16.8 Å². The van der Waals surface area contributed by atoms with Gasteiger partial charge in [-0.15, -0.1) is 0 Å². The lowest BCUT2D eigenvalue weighted by Gasteiger charge is -2.70. The van der Waals surface area contributed by atoms with Crippen LogP contribution in [-0.2, 0) is 11.3 Å². The molecule has 162 valence electrons. The van der Waals surface area contributed by atoms with Crippen molar-refractivity contribution in [2.45, 2.75) is 44.4 Å². The Morgan fingerprint density at radius 3 is 2.78 bits per heavy atom. The molecule has 32 heavy (non-hydrogen) atoms. The number of aromatic nitrogens is 2. The molecule has 0 radical (unpaired) electrons. The molecule has 2 bridgehead atoms. The average Bonchev–Trinajstić information content (AvgIpc) is 3.32. The largest absolute Gasteiger partial charge is 0.332 e. The van der Waals surface area contributed by atoms with Gasteiger partial charge in [0.1, 0.15) is 12.0 Å². The Morgan fingerprint density at radius 2 is 2.03 bits per heavy atom. The van der Waals surface area contributed by atoms with Gasteiger partial charge in [0, 0.05) is 18.4 Å². The predicted octanol–water partition coefficient (Wildman–Crippen LogP) is 4.53. The van der Waals surface area contributed by atoms with E-state index in [0.29, 0.717) is 11.1 Å². The zero-order valence-electron chi connectivity index (χ0n) is 17.5. The van der Waals surface area contributed by atoms with E-state index in [1.54, 1.807) is 29.3 Å². The van der Waals surface area contributed by atoms with E-state index in [1.165, 1.54) is 12.1 Å². The molecule has 1 aromatic heterocycles. The third-order valence-electron chi connectivity index (χ3n) is 7.59. The van der Waals surface area contributed by atoms with Crippen molar-refractivity contribution in [1.82, 2.24) is 14.7 Å². The highest BCUT2D eigenvalue weighted by Crippen LogP contribution is 2.74. The van der Waals surface area contributed by atoms with Gasteiger partial charge in [0.25, 0.3) is 0 Å². The molecule has 3 aliphatic carbocycles. The number of rotatable bonds is 4. The first-order chi connectivity index (χ1) is 15.4. The molecule has 1 aliphatic heterocycles. The van der Waals surface area contributed by atoms with Crippen LogP contribution in [0, 0.1) is 28.0 Å². The highest BCUT2D eigenvalue weighted by molar-refractivity contribution is 5.87. The van der Waals surface area contributed by atoms with Gasteiger partial charge in [0.05, 0.1) is 41.3 Å². The Morgan fingerprint density at radius 1 is 1.22 bits per heavy atom. The summed E-state index contributed by atoms with van der Waals surface area (Å²) in [6.45, 7) is 0.816. The van der Waals surface area contributed by atoms with E-state index in [2.05, 4.69) is 11.2 Å². The molecule has 2 unspecified atom stereocenters. The van der Waals surface area contributed by atoms with Gasteiger partial charge in [-0.2, -0.15) is 10.4 Å². The minimum atomic E-state index is -1.08. The highest BCUT2D eigenvalue weighted by atomic mass is 19.1. The van der Waals surface area contributed by atoms with Crippen LogP contribution in [0.25, 0.3) is 10.9 Å². The monoisotopic (exact) mass is 432 g/mol. The van der Waals surface area contributed by atoms with Crippen molar-refractivity contribution in [3.05, 3.63) is 65.6 Å². The van der Waals surface area contributed by atoms with E-state index < -0.39 is 17.6 Å². The fourth-order valence-corrected chi connectivity index (χ4v) is 6.34. The summed E-state index contributed by atoms with van der Waals surface area (Å²) in [5.41, 5.74) is 1.90. The lowest BCUT2D eigenvalue weighted by molar-refractivity contribution is -0.222. The second-order valence-electron chi connectivity index (χ2n) is 9.86. The number of halogens is 2. The molecular weight excluding hydrogens is 410 g/mol. The third-order valence-corrected chi connectivity index (χ3v) is 7.59. The average molecular weight is 432 g/mol. The van der Waals surface area contributed by atoms with Gasteiger partial charge in [-0.3, -0.25) is 9.48 Å². The van der Waals surface area contributed by atoms with Gasteiger partial charge in [-0.25, -0.2) is 8.78 Å². The molecule has 2 heterocycles. The summed E-state index contributed by atoms with van der Waals surface area (Å²) < 4.78 is 30.0. The lowest BCUT2D eigenvalue weighted by atomic mass is 9.34. The first kappa shape index (κ1) is 19.4. The van der Waals surface area contributed by atoms with Crippen molar-refractivity contribution in [2.24, 2.45) is 10.8 Å². The van der Waals surface area contributed by atoms with Crippen molar-refractivity contribution in [3.63, 3.8) is 0 Å². The van der Waals surface area contributed by atoms with Crippen molar-refractivity contribution in [3.8, 4) is 6.07 Å². The molecule has 0 N–H and O–H groups in total. The number of hydrogen-bond acceptors (Lipinski definition) is 3. The van der Waals surface area contributed by atoms with Crippen LogP contribution in [0.4, 0.5) is 8.78 Å². The Labute approximate surface area is 184 Å². The van der Waals surface area contributed by atoms with Crippen LogP contribution >= 0.6 is 0 Å². The number of carbonyl (C=O) groups is 1. The van der Waals surface area contributed by atoms with Crippen LogP contribution in [0.15, 0.2) is 48.7 Å². The molecule has 1 amide bonds. The Balaban J connectivity index is 1.18. The molecule has 4 fully saturated rings. The number of fused-ring (bicyclic) bond motifs is 1. The number of nitriles is 1. The number of likely N-dealkylation sites (tertiary alicyclic amines) is 1. The maximum absolute atomic E-state index is 14.3. The van der Waals surface area contributed by atoms with Gasteiger partial charge in [0.2, 0.25) is 5.91 Å². The van der Waals surface area contributed by atoms with Crippen LogP contribution in [0.1, 0.15) is 42.9 Å². The molecule has 3 saturated carbocycles. The normalized spacial score (nSPS) is 30.6. The van der Waals surface area contributed by atoms with Gasteiger partial charge in [-0.1, -0.05) is 12.1 Å². The van der Waals surface area contributed by atoms with Crippen LogP contribution < -0.4 is 0 Å². The molecular formula is C25H22F2N4O. The van der Waals surface area contributed by atoms with E-state index in [0.717, 1.165) is 36.7 Å². The van der Waals surface area contributed by atoms with Crippen LogP contribution in [0.3, 0.4) is 0 Å². The number of carbonyl (C=O) groups excluding carboxylic acids is 1. The number of amides is 1. The third kappa shape index (κ3) is 2.78. The minimum Gasteiger partial charge on any atom is -0.332 e. The minimum absolute atomic E-state index is 0.0118. The van der Waals surface area contributed by atoms with Crippen molar-refractivity contribution < 1.29 is 13.6 Å². The van der Waals surface area contributed by atoms with Gasteiger partial charge >= 0.3 is 0 Å². The molecule has 3 aromatic rings. The SMILES string of the molecule is N#Cc1ccc2c(cnn2CC23CC(C(=O)N4CC(F)CC4c4cccc(F)c4)(C2)C3)c1. The standard InChI is InChI=1S/C25H22F2N4O/c26-19-3-1-2-17(7-19)22-8-20(27)11-30(22)23(32)25-12-24(13-25,14-25)15-31-21-5-4-16(9-28)6-18(21)10-29-31/h1-7,10,20,22H,8,11-15H2.